The fourth-order valence-corrected chi connectivity index (χ4v) is 3.36. The number of carbonyl (C=O) groups is 2. The van der Waals surface area contributed by atoms with E-state index >= 15 is 0 Å². The number of thioether (sulfide) groups is 1. The van der Waals surface area contributed by atoms with Crippen molar-refractivity contribution in [1.29, 1.82) is 0 Å². The highest BCUT2D eigenvalue weighted by Crippen LogP contribution is 2.34. The summed E-state index contributed by atoms with van der Waals surface area (Å²) in [5, 5.41) is 6.85. The van der Waals surface area contributed by atoms with Crippen LogP contribution >= 0.6 is 35.1 Å². The van der Waals surface area contributed by atoms with E-state index in [-0.39, 0.29) is 5.91 Å². The van der Waals surface area contributed by atoms with Gasteiger partial charge >= 0.3 is 6.09 Å². The lowest BCUT2D eigenvalue weighted by Crippen LogP contribution is -2.14. The molecule has 0 aliphatic carbocycles. The molecule has 0 spiro atoms. The average molecular weight is 424 g/mol. The molecule has 0 unspecified atom stereocenters. The van der Waals surface area contributed by atoms with Crippen LogP contribution in [-0.4, -0.2) is 30.5 Å². The molecule has 6 nitrogen and oxygen atoms in total. The number of hydrogen-bond donors (Lipinski definition) is 2. The number of methoxy groups -OCH3 is 1. The van der Waals surface area contributed by atoms with Crippen molar-refractivity contribution >= 4 is 63.7 Å². The third-order valence-electron chi connectivity index (χ3n) is 3.15. The predicted molar refractivity (Wildman–Crippen MR) is 113 cm³/mol. The van der Waals surface area contributed by atoms with Crippen LogP contribution in [0.15, 0.2) is 57.2 Å². The van der Waals surface area contributed by atoms with Gasteiger partial charge in [0, 0.05) is 21.7 Å². The van der Waals surface area contributed by atoms with Crippen LogP contribution in [0, 0.1) is 0 Å². The summed E-state index contributed by atoms with van der Waals surface area (Å²) in [5.74, 6) is -0.206. The summed E-state index contributed by atoms with van der Waals surface area (Å²) >= 11 is 8.71. The second-order valence-corrected chi connectivity index (χ2v) is 7.54. The van der Waals surface area contributed by atoms with Crippen LogP contribution < -0.4 is 10.6 Å². The second kappa shape index (κ2) is 10.2. The van der Waals surface area contributed by atoms with E-state index in [0.717, 1.165) is 9.79 Å². The molecule has 0 saturated carbocycles. The van der Waals surface area contributed by atoms with Crippen LogP contribution in [0.1, 0.15) is 6.92 Å². The van der Waals surface area contributed by atoms with Crippen molar-refractivity contribution in [3.8, 4) is 0 Å². The predicted octanol–water partition coefficient (Wildman–Crippen LogP) is 5.35. The average Bonchev–Trinajstić information content (AvgIpc) is 2.64. The molecule has 9 heteroatoms. The first-order chi connectivity index (χ1) is 12.9. The minimum Gasteiger partial charge on any atom is -0.451 e. The summed E-state index contributed by atoms with van der Waals surface area (Å²) in [6, 6.07) is 13.1. The maximum absolute atomic E-state index is 11.6. The molecule has 0 atom stereocenters. The van der Waals surface area contributed by atoms with Crippen molar-refractivity contribution < 1.29 is 14.3 Å². The minimum absolute atomic E-state index is 0.206. The Bertz CT molecular complexity index is 857. The zero-order valence-corrected chi connectivity index (χ0v) is 17.3. The first-order valence-corrected chi connectivity index (χ1v) is 10.2. The van der Waals surface area contributed by atoms with Gasteiger partial charge in [-0.2, -0.15) is 4.99 Å². The van der Waals surface area contributed by atoms with E-state index in [1.54, 1.807) is 6.26 Å². The molecule has 2 amide bonds. The number of rotatable bonds is 4. The van der Waals surface area contributed by atoms with Crippen molar-refractivity contribution in [3.05, 3.63) is 47.5 Å². The fourth-order valence-electron chi connectivity index (χ4n) is 2.00. The SMILES string of the molecule is COC(=O)/N=C(/Nc1ccc(Sc2ccc(Cl)cc2)cc1NC(C)=O)SC. The summed E-state index contributed by atoms with van der Waals surface area (Å²) in [7, 11) is 1.26. The Morgan fingerprint density at radius 3 is 2.30 bits per heavy atom. The van der Waals surface area contributed by atoms with Crippen LogP contribution in [0.3, 0.4) is 0 Å². The third-order valence-corrected chi connectivity index (χ3v) is 4.98. The zero-order valence-electron chi connectivity index (χ0n) is 14.9. The molecular formula is C18H18ClN3O3S2. The topological polar surface area (TPSA) is 79.8 Å². The van der Waals surface area contributed by atoms with Crippen molar-refractivity contribution in [2.24, 2.45) is 4.99 Å². The number of carbonyl (C=O) groups excluding carboxylic acids is 2. The van der Waals surface area contributed by atoms with Crippen LogP contribution in [0.4, 0.5) is 16.2 Å². The number of benzene rings is 2. The van der Waals surface area contributed by atoms with Crippen molar-refractivity contribution in [2.75, 3.05) is 24.0 Å². The third kappa shape index (κ3) is 6.82. The smallest absolute Gasteiger partial charge is 0.435 e. The van der Waals surface area contributed by atoms with Crippen LogP contribution in [-0.2, 0) is 9.53 Å². The van der Waals surface area contributed by atoms with Crippen LogP contribution in [0.25, 0.3) is 0 Å². The molecule has 2 aromatic carbocycles. The van der Waals surface area contributed by atoms with E-state index in [4.69, 9.17) is 11.6 Å². The lowest BCUT2D eigenvalue weighted by Gasteiger charge is -2.14. The zero-order chi connectivity index (χ0) is 19.8. The molecule has 0 saturated heterocycles. The van der Waals surface area contributed by atoms with Crippen molar-refractivity contribution in [1.82, 2.24) is 0 Å². The van der Waals surface area contributed by atoms with E-state index < -0.39 is 6.09 Å². The van der Waals surface area contributed by atoms with Gasteiger partial charge in [0.1, 0.15) is 0 Å². The Kier molecular flexibility index (Phi) is 8.02. The maximum Gasteiger partial charge on any atom is 0.435 e. The van der Waals surface area contributed by atoms with Gasteiger partial charge in [-0.3, -0.25) is 4.79 Å². The molecule has 0 radical (unpaired) electrons. The van der Waals surface area contributed by atoms with Crippen LogP contribution in [0.5, 0.6) is 0 Å². The molecule has 0 aliphatic rings. The second-order valence-electron chi connectivity index (χ2n) is 5.16. The fraction of sp³-hybridized carbons (Fsp3) is 0.167. The lowest BCUT2D eigenvalue weighted by atomic mass is 10.2. The summed E-state index contributed by atoms with van der Waals surface area (Å²) in [5.41, 5.74) is 1.19. The number of nitrogens with one attached hydrogen (secondary N) is 2. The number of anilines is 2. The van der Waals surface area contributed by atoms with Gasteiger partial charge in [0.15, 0.2) is 5.17 Å². The van der Waals surface area contributed by atoms with Gasteiger partial charge in [-0.05, 0) is 48.7 Å². The van der Waals surface area contributed by atoms with Gasteiger partial charge in [-0.15, -0.1) is 0 Å². The van der Waals surface area contributed by atoms with Gasteiger partial charge in [0.05, 0.1) is 18.5 Å². The summed E-state index contributed by atoms with van der Waals surface area (Å²) < 4.78 is 4.55. The summed E-state index contributed by atoms with van der Waals surface area (Å²) in [6.45, 7) is 1.43. The van der Waals surface area contributed by atoms with Crippen molar-refractivity contribution in [2.45, 2.75) is 16.7 Å². The number of amides is 2. The van der Waals surface area contributed by atoms with E-state index in [0.29, 0.717) is 21.6 Å². The Morgan fingerprint density at radius 1 is 1.04 bits per heavy atom. The van der Waals surface area contributed by atoms with Crippen molar-refractivity contribution in [3.63, 3.8) is 0 Å². The monoisotopic (exact) mass is 423 g/mol. The number of halogens is 1. The number of amidine groups is 1. The molecule has 0 bridgehead atoms. The summed E-state index contributed by atoms with van der Waals surface area (Å²) in [4.78, 5) is 28.7. The molecule has 27 heavy (non-hydrogen) atoms. The molecule has 142 valence electrons. The molecule has 0 aliphatic heterocycles. The molecular weight excluding hydrogens is 406 g/mol. The van der Waals surface area contributed by atoms with E-state index in [1.807, 2.05) is 42.5 Å². The van der Waals surface area contributed by atoms with Crippen LogP contribution in [0.2, 0.25) is 5.02 Å². The van der Waals surface area contributed by atoms with Gasteiger partial charge in [0.2, 0.25) is 5.91 Å². The number of nitrogens with zero attached hydrogens (tertiary/aromatic N) is 1. The number of aliphatic imine (C=N–C) groups is 1. The van der Waals surface area contributed by atoms with E-state index in [9.17, 15) is 9.59 Å². The Morgan fingerprint density at radius 2 is 1.70 bits per heavy atom. The standard InChI is InChI=1S/C18H18ClN3O3S2/c1-11(23)20-16-10-14(27-13-6-4-12(19)5-7-13)8-9-15(16)21-17(26-3)22-18(24)25-2/h4-10H,1-3H3,(H,20,23)(H,21,22,24). The van der Waals surface area contributed by atoms with Gasteiger partial charge < -0.3 is 15.4 Å². The number of hydrogen-bond acceptors (Lipinski definition) is 5. The van der Waals surface area contributed by atoms with Gasteiger partial charge in [-0.1, -0.05) is 35.1 Å². The molecule has 0 aromatic heterocycles. The highest BCUT2D eigenvalue weighted by Gasteiger charge is 2.10. The Labute approximate surface area is 171 Å². The quantitative estimate of drug-likeness (QED) is 0.510. The number of ether oxygens (including phenoxy) is 1. The van der Waals surface area contributed by atoms with E-state index in [1.165, 1.54) is 37.6 Å². The molecule has 0 heterocycles. The minimum atomic E-state index is -0.706. The first-order valence-electron chi connectivity index (χ1n) is 7.74. The van der Waals surface area contributed by atoms with Gasteiger partial charge in [0.25, 0.3) is 0 Å². The molecule has 2 aromatic rings. The highest BCUT2D eigenvalue weighted by molar-refractivity contribution is 8.13. The normalized spacial score (nSPS) is 11.0. The Hall–Kier alpha value is -2.16. The largest absolute Gasteiger partial charge is 0.451 e. The summed E-state index contributed by atoms with van der Waals surface area (Å²) in [6.07, 6.45) is 1.07. The molecule has 2 rings (SSSR count). The van der Waals surface area contributed by atoms with E-state index in [2.05, 4.69) is 20.4 Å². The highest BCUT2D eigenvalue weighted by atomic mass is 35.5. The molecule has 2 N–H and O–H groups in total. The maximum atomic E-state index is 11.6. The molecule has 0 fully saturated rings. The Balaban J connectivity index is 2.28. The first kappa shape index (κ1) is 21.1. The van der Waals surface area contributed by atoms with Gasteiger partial charge in [-0.25, -0.2) is 4.79 Å². The lowest BCUT2D eigenvalue weighted by molar-refractivity contribution is -0.114.